The highest BCUT2D eigenvalue weighted by molar-refractivity contribution is 6.76. The normalized spacial score (nSPS) is 14.5. The summed E-state index contributed by atoms with van der Waals surface area (Å²) in [4.78, 5) is 25.2. The fraction of sp³-hybridized carbons (Fsp3) is 0.300. The maximum atomic E-state index is 11.0. The number of pyridine rings is 2. The molecular formula is C30H32ClN9O3Si. The maximum absolute atomic E-state index is 11.0. The molecule has 226 valence electrons. The number of amides is 1. The molecule has 2 N–H and O–H groups in total. The van der Waals surface area contributed by atoms with Gasteiger partial charge in [-0.25, -0.2) is 14.8 Å². The summed E-state index contributed by atoms with van der Waals surface area (Å²) in [6, 6.07) is 12.3. The molecule has 0 aliphatic heterocycles. The molecule has 1 amide bonds. The first kappa shape index (κ1) is 29.6. The van der Waals surface area contributed by atoms with Crippen LogP contribution in [0.3, 0.4) is 0 Å². The van der Waals surface area contributed by atoms with Crippen molar-refractivity contribution < 1.29 is 14.6 Å². The molecule has 0 fully saturated rings. The Morgan fingerprint density at radius 1 is 1.09 bits per heavy atom. The first-order chi connectivity index (χ1) is 21.2. The molecular weight excluding hydrogens is 598 g/mol. The van der Waals surface area contributed by atoms with E-state index >= 15 is 0 Å². The number of rotatable bonds is 10. The van der Waals surface area contributed by atoms with Crippen molar-refractivity contribution in [2.45, 2.75) is 51.2 Å². The van der Waals surface area contributed by atoms with Gasteiger partial charge < -0.3 is 14.4 Å². The number of aryl methyl sites for hydroxylation is 1. The Morgan fingerprint density at radius 3 is 2.66 bits per heavy atom. The molecule has 1 unspecified atom stereocenters. The summed E-state index contributed by atoms with van der Waals surface area (Å²) in [5, 5.41) is 23.5. The molecule has 0 radical (unpaired) electrons. The zero-order valence-corrected chi connectivity index (χ0v) is 26.4. The number of halogens is 1. The molecule has 44 heavy (non-hydrogen) atoms. The highest BCUT2D eigenvalue weighted by Crippen LogP contribution is 2.40. The molecule has 1 aliphatic rings. The summed E-state index contributed by atoms with van der Waals surface area (Å²) in [6.45, 7) is 7.98. The Balaban J connectivity index is 1.33. The summed E-state index contributed by atoms with van der Waals surface area (Å²) >= 11 is 6.39. The zero-order chi connectivity index (χ0) is 30.8. The highest BCUT2D eigenvalue weighted by Gasteiger charge is 2.31. The second-order valence-electron chi connectivity index (χ2n) is 11.9. The van der Waals surface area contributed by atoms with Crippen LogP contribution in [0.15, 0.2) is 61.3 Å². The topological polar surface area (TPSA) is 146 Å². The van der Waals surface area contributed by atoms with E-state index in [9.17, 15) is 4.79 Å². The van der Waals surface area contributed by atoms with Crippen molar-refractivity contribution in [2.24, 2.45) is 0 Å². The number of hydrogen-bond donors (Lipinski definition) is 2. The van der Waals surface area contributed by atoms with Crippen LogP contribution in [0.5, 0.6) is 0 Å². The van der Waals surface area contributed by atoms with Crippen LogP contribution in [0.25, 0.3) is 28.1 Å². The molecule has 0 saturated carbocycles. The third-order valence-corrected chi connectivity index (χ3v) is 9.55. The van der Waals surface area contributed by atoms with Crippen LogP contribution in [0.4, 0.5) is 10.6 Å². The largest absolute Gasteiger partial charge is 0.465 e. The molecule has 0 spiro atoms. The number of hydrogen-bond acceptors (Lipinski definition) is 8. The minimum absolute atomic E-state index is 0.0207. The molecule has 12 nitrogen and oxygen atoms in total. The van der Waals surface area contributed by atoms with Crippen molar-refractivity contribution in [1.29, 1.82) is 0 Å². The molecule has 4 aromatic heterocycles. The quantitative estimate of drug-likeness (QED) is 0.138. The average Bonchev–Trinajstić information content (AvgIpc) is 3.75. The van der Waals surface area contributed by atoms with Crippen LogP contribution in [0.2, 0.25) is 30.7 Å². The van der Waals surface area contributed by atoms with E-state index in [0.29, 0.717) is 18.4 Å². The van der Waals surface area contributed by atoms with E-state index in [1.54, 1.807) is 23.3 Å². The molecule has 14 heteroatoms. The van der Waals surface area contributed by atoms with E-state index in [-0.39, 0.29) is 11.7 Å². The van der Waals surface area contributed by atoms with Gasteiger partial charge in [-0.05, 0) is 71.3 Å². The van der Waals surface area contributed by atoms with E-state index in [0.717, 1.165) is 64.0 Å². The predicted molar refractivity (Wildman–Crippen MR) is 169 cm³/mol. The van der Waals surface area contributed by atoms with Crippen LogP contribution in [-0.4, -0.2) is 65.6 Å². The highest BCUT2D eigenvalue weighted by atomic mass is 35.5. The number of nitrogens with zero attached hydrogens (tertiary/aromatic N) is 8. The lowest BCUT2D eigenvalue weighted by molar-refractivity contribution is 0.0857. The Hall–Kier alpha value is -4.46. The SMILES string of the molecule is C[Si](C)(C)CCOCn1c(-c2ccc(NC(=O)O)nc2)cnc1C1CCc2cc(-c3cc(Cl)ccc3-n3cnnn3)cnc21. The lowest BCUT2D eigenvalue weighted by Gasteiger charge is -2.19. The first-order valence-electron chi connectivity index (χ1n) is 14.3. The molecule has 1 aromatic carbocycles. The number of ether oxygens (including phenoxy) is 1. The van der Waals surface area contributed by atoms with Crippen molar-refractivity contribution in [3.05, 3.63) is 83.4 Å². The monoisotopic (exact) mass is 629 g/mol. The third kappa shape index (κ3) is 6.39. The average molecular weight is 630 g/mol. The van der Waals surface area contributed by atoms with Crippen LogP contribution in [0, 0.1) is 0 Å². The van der Waals surface area contributed by atoms with Crippen molar-refractivity contribution >= 4 is 31.6 Å². The van der Waals surface area contributed by atoms with E-state index in [4.69, 9.17) is 31.4 Å². The molecule has 1 aliphatic carbocycles. The number of imidazole rings is 1. The zero-order valence-electron chi connectivity index (χ0n) is 24.6. The lowest BCUT2D eigenvalue weighted by atomic mass is 10.0. The number of aromatic nitrogens is 8. The standard InChI is InChI=1S/C30H32ClN9O3Si/c1-44(2,3)11-10-43-18-39-26(20-5-9-27(32-14-20)36-30(41)42)16-34-29(39)23-7-4-19-12-21(15-33-28(19)23)24-13-22(31)6-8-25(24)40-17-35-37-38-40/h5-6,8-9,12-17,23H,4,7,10-11,18H2,1-3H3,(H,32,36)(H,41,42). The number of tetrazole rings is 1. The number of carbonyl (C=O) groups is 1. The Labute approximate surface area is 260 Å². The van der Waals surface area contributed by atoms with Gasteiger partial charge in [0.2, 0.25) is 0 Å². The van der Waals surface area contributed by atoms with Crippen molar-refractivity contribution in [3.8, 4) is 28.1 Å². The molecule has 6 rings (SSSR count). The maximum Gasteiger partial charge on any atom is 0.410 e. The summed E-state index contributed by atoms with van der Waals surface area (Å²) in [5.41, 5.74) is 6.41. The molecule has 1 atom stereocenters. The first-order valence-corrected chi connectivity index (χ1v) is 18.4. The molecule has 0 saturated heterocycles. The summed E-state index contributed by atoms with van der Waals surface area (Å²) < 4.78 is 9.92. The second kappa shape index (κ2) is 12.3. The van der Waals surface area contributed by atoms with Crippen LogP contribution in [-0.2, 0) is 17.9 Å². The van der Waals surface area contributed by atoms with Gasteiger partial charge in [-0.2, -0.15) is 4.68 Å². The van der Waals surface area contributed by atoms with Gasteiger partial charge in [0, 0.05) is 48.8 Å². The predicted octanol–water partition coefficient (Wildman–Crippen LogP) is 6.12. The van der Waals surface area contributed by atoms with Crippen molar-refractivity contribution in [1.82, 2.24) is 39.7 Å². The van der Waals surface area contributed by atoms with E-state index in [1.165, 1.54) is 0 Å². The van der Waals surface area contributed by atoms with Crippen LogP contribution in [0.1, 0.15) is 29.4 Å². The summed E-state index contributed by atoms with van der Waals surface area (Å²) in [7, 11) is -1.27. The van der Waals surface area contributed by atoms with Gasteiger partial charge in [0.25, 0.3) is 0 Å². The Bertz CT molecular complexity index is 1790. The van der Waals surface area contributed by atoms with E-state index < -0.39 is 14.2 Å². The molecule has 4 heterocycles. The number of fused-ring (bicyclic) bond motifs is 1. The number of anilines is 1. The fourth-order valence-corrected chi connectivity index (χ4v) is 6.31. The fourth-order valence-electron chi connectivity index (χ4n) is 5.38. The minimum atomic E-state index is -1.27. The molecule has 5 aromatic rings. The number of carboxylic acid groups (broad SMARTS) is 1. The Kier molecular flexibility index (Phi) is 8.25. The van der Waals surface area contributed by atoms with Gasteiger partial charge in [-0.15, -0.1) is 5.10 Å². The smallest absolute Gasteiger partial charge is 0.410 e. The van der Waals surface area contributed by atoms with Crippen molar-refractivity contribution in [2.75, 3.05) is 11.9 Å². The van der Waals surface area contributed by atoms with Gasteiger partial charge in [0.05, 0.1) is 29.2 Å². The Morgan fingerprint density at radius 2 is 1.93 bits per heavy atom. The summed E-state index contributed by atoms with van der Waals surface area (Å²) in [5.74, 6) is 1.11. The van der Waals surface area contributed by atoms with Crippen molar-refractivity contribution in [3.63, 3.8) is 0 Å². The van der Waals surface area contributed by atoms with Crippen LogP contribution < -0.4 is 5.32 Å². The van der Waals surface area contributed by atoms with Gasteiger partial charge in [0.15, 0.2) is 0 Å². The lowest BCUT2D eigenvalue weighted by Crippen LogP contribution is -2.22. The van der Waals surface area contributed by atoms with Gasteiger partial charge in [-0.1, -0.05) is 31.2 Å². The van der Waals surface area contributed by atoms with E-state index in [2.05, 4.69) is 56.1 Å². The third-order valence-electron chi connectivity index (χ3n) is 7.61. The van der Waals surface area contributed by atoms with Gasteiger partial charge in [-0.3, -0.25) is 10.3 Å². The van der Waals surface area contributed by atoms with E-state index in [1.807, 2.05) is 36.7 Å². The second-order valence-corrected chi connectivity index (χ2v) is 18.0. The van der Waals surface area contributed by atoms with Crippen LogP contribution >= 0.6 is 11.6 Å². The number of benzene rings is 1. The van der Waals surface area contributed by atoms with Gasteiger partial charge >= 0.3 is 6.09 Å². The molecule has 0 bridgehead atoms. The minimum Gasteiger partial charge on any atom is -0.465 e. The summed E-state index contributed by atoms with van der Waals surface area (Å²) in [6.07, 6.45) is 7.43. The number of nitrogens with one attached hydrogen (secondary N) is 1. The van der Waals surface area contributed by atoms with Gasteiger partial charge in [0.1, 0.15) is 24.7 Å².